The molecule has 3 nitrogen and oxygen atoms in total. The van der Waals surface area contributed by atoms with Crippen LogP contribution in [0, 0.1) is 0 Å². The van der Waals surface area contributed by atoms with Crippen molar-refractivity contribution in [3.63, 3.8) is 0 Å². The van der Waals surface area contributed by atoms with E-state index in [4.69, 9.17) is 5.73 Å². The first kappa shape index (κ1) is 8.11. The van der Waals surface area contributed by atoms with Gasteiger partial charge in [0.1, 0.15) is 0 Å². The van der Waals surface area contributed by atoms with Crippen LogP contribution in [0.4, 0.5) is 4.79 Å². The van der Waals surface area contributed by atoms with Gasteiger partial charge in [0, 0.05) is 0 Å². The first-order chi connectivity index (χ1) is 5.29. The van der Waals surface area contributed by atoms with Crippen LogP contribution in [0.2, 0.25) is 0 Å². The molecule has 1 rings (SSSR count). The second kappa shape index (κ2) is 4.01. The van der Waals surface area contributed by atoms with Gasteiger partial charge in [-0.25, -0.2) is 0 Å². The molecule has 0 fully saturated rings. The summed E-state index contributed by atoms with van der Waals surface area (Å²) in [6, 6.07) is 9.24. The molecule has 0 unspecified atom stereocenters. The first-order valence-electron chi connectivity index (χ1n) is 3.06. The number of amides is 2. The van der Waals surface area contributed by atoms with Crippen LogP contribution in [-0.4, -0.2) is 21.2 Å². The maximum absolute atomic E-state index is 10.3. The zero-order valence-electron chi connectivity index (χ0n) is 5.78. The van der Waals surface area contributed by atoms with Crippen LogP contribution in [0.3, 0.4) is 0 Å². The Hall–Kier alpha value is -0.991. The molecule has 0 spiro atoms. The van der Waals surface area contributed by atoms with Crippen molar-refractivity contribution < 1.29 is 4.79 Å². The molecule has 0 bridgehead atoms. The van der Waals surface area contributed by atoms with E-state index in [-0.39, 0.29) is 15.2 Å². The van der Waals surface area contributed by atoms with Crippen LogP contribution in [0.5, 0.6) is 0 Å². The summed E-state index contributed by atoms with van der Waals surface area (Å²) in [6.07, 6.45) is 0. The van der Waals surface area contributed by atoms with Crippen molar-refractivity contribution in [3.05, 3.63) is 30.3 Å². The minimum absolute atomic E-state index is 0.0346. The molecule has 2 amide bonds. The number of benzene rings is 1. The van der Waals surface area contributed by atoms with Gasteiger partial charge in [0.05, 0.1) is 0 Å². The zero-order valence-corrected chi connectivity index (χ0v) is 7.49. The molecule has 0 saturated carbocycles. The third-order valence-electron chi connectivity index (χ3n) is 1.01. The number of urea groups is 1. The van der Waals surface area contributed by atoms with E-state index in [0.29, 0.717) is 0 Å². The Bertz CT molecular complexity index is 237. The number of nitrogens with one attached hydrogen (secondary N) is 1. The molecular weight excluding hydrogens is 207 g/mol. The fraction of sp³-hybridized carbons (Fsp3) is 0. The predicted octanol–water partition coefficient (Wildman–Crippen LogP) is -0.401. The third-order valence-corrected chi connectivity index (χ3v) is 2.71. The molecule has 0 aliphatic carbocycles. The van der Waals surface area contributed by atoms with E-state index in [9.17, 15) is 4.79 Å². The molecule has 0 atom stereocenters. The summed E-state index contributed by atoms with van der Waals surface area (Å²) < 4.78 is 3.67. The fourth-order valence-electron chi connectivity index (χ4n) is 0.598. The Labute approximate surface area is 71.3 Å². The number of carbonyl (C=O) groups is 1. The van der Waals surface area contributed by atoms with E-state index in [1.54, 1.807) is 0 Å². The Morgan fingerprint density at radius 1 is 1.36 bits per heavy atom. The van der Waals surface area contributed by atoms with Gasteiger partial charge in [0.2, 0.25) is 0 Å². The van der Waals surface area contributed by atoms with Crippen LogP contribution in [0.25, 0.3) is 0 Å². The summed E-state index contributed by atoms with van der Waals surface area (Å²) in [5.74, 6) is 0. The van der Waals surface area contributed by atoms with Crippen molar-refractivity contribution >= 4 is 25.7 Å². The van der Waals surface area contributed by atoms with Gasteiger partial charge < -0.3 is 0 Å². The number of hydrogen-bond acceptors (Lipinski definition) is 1. The monoisotopic (exact) mass is 216 g/mol. The molecule has 0 aliphatic heterocycles. The summed E-state index contributed by atoms with van der Waals surface area (Å²) >= 11 is -0.0346. The third kappa shape index (κ3) is 3.07. The van der Waals surface area contributed by atoms with Crippen LogP contribution >= 0.6 is 0 Å². The van der Waals surface area contributed by atoms with Gasteiger partial charge in [-0.05, 0) is 0 Å². The molecule has 0 radical (unpaired) electrons. The standard InChI is InChI=1S/C7H8N2OSe/c8-7(10)9-11-6-4-2-1-3-5-6/h1-5H,(H3,8,9,10). The van der Waals surface area contributed by atoms with Gasteiger partial charge in [-0.3, -0.25) is 0 Å². The van der Waals surface area contributed by atoms with E-state index >= 15 is 0 Å². The van der Waals surface area contributed by atoms with Crippen molar-refractivity contribution in [2.24, 2.45) is 5.73 Å². The van der Waals surface area contributed by atoms with Crippen molar-refractivity contribution in [2.75, 3.05) is 0 Å². The maximum atomic E-state index is 10.3. The quantitative estimate of drug-likeness (QED) is 0.648. The minimum atomic E-state index is -0.464. The van der Waals surface area contributed by atoms with Gasteiger partial charge in [-0.1, -0.05) is 0 Å². The molecule has 0 aromatic heterocycles. The molecule has 1 aromatic rings. The second-order valence-electron chi connectivity index (χ2n) is 1.88. The van der Waals surface area contributed by atoms with Crippen molar-refractivity contribution in [1.82, 2.24) is 4.33 Å². The molecule has 1 aromatic carbocycles. The number of nitrogens with two attached hydrogens (primary N) is 1. The predicted molar refractivity (Wildman–Crippen MR) is 44.5 cm³/mol. The van der Waals surface area contributed by atoms with Crippen LogP contribution in [-0.2, 0) is 0 Å². The molecule has 3 N–H and O–H groups in total. The van der Waals surface area contributed by atoms with Gasteiger partial charge >= 0.3 is 70.9 Å². The average Bonchev–Trinajstić information content (AvgIpc) is 2.03. The van der Waals surface area contributed by atoms with E-state index < -0.39 is 6.03 Å². The molecule has 0 heterocycles. The van der Waals surface area contributed by atoms with Crippen molar-refractivity contribution in [2.45, 2.75) is 0 Å². The van der Waals surface area contributed by atoms with E-state index in [2.05, 4.69) is 4.33 Å². The summed E-state index contributed by atoms with van der Waals surface area (Å²) in [6.45, 7) is 0. The molecule has 58 valence electrons. The van der Waals surface area contributed by atoms with Crippen LogP contribution in [0.15, 0.2) is 30.3 Å². The van der Waals surface area contributed by atoms with Crippen LogP contribution < -0.4 is 14.5 Å². The molecule has 4 heteroatoms. The van der Waals surface area contributed by atoms with Crippen molar-refractivity contribution in [1.29, 1.82) is 0 Å². The Morgan fingerprint density at radius 2 is 2.00 bits per heavy atom. The molecular formula is C7H8N2OSe. The van der Waals surface area contributed by atoms with Gasteiger partial charge in [0.25, 0.3) is 0 Å². The summed E-state index contributed by atoms with van der Waals surface area (Å²) in [5.41, 5.74) is 4.91. The Kier molecular flexibility index (Phi) is 2.95. The summed E-state index contributed by atoms with van der Waals surface area (Å²) in [4.78, 5) is 10.3. The number of hydrogen-bond donors (Lipinski definition) is 2. The first-order valence-corrected chi connectivity index (χ1v) is 4.77. The second-order valence-corrected chi connectivity index (χ2v) is 3.73. The van der Waals surface area contributed by atoms with Crippen molar-refractivity contribution in [3.8, 4) is 0 Å². The summed E-state index contributed by atoms with van der Waals surface area (Å²) in [5, 5.41) is 0. The Morgan fingerprint density at radius 3 is 2.55 bits per heavy atom. The normalized spacial score (nSPS) is 9.09. The Balaban J connectivity index is 2.45. The fourth-order valence-corrected chi connectivity index (χ4v) is 1.67. The summed E-state index contributed by atoms with van der Waals surface area (Å²) in [7, 11) is 0. The van der Waals surface area contributed by atoms with Crippen LogP contribution in [0.1, 0.15) is 0 Å². The van der Waals surface area contributed by atoms with E-state index in [1.165, 1.54) is 0 Å². The molecule has 11 heavy (non-hydrogen) atoms. The zero-order chi connectivity index (χ0) is 8.10. The number of carbonyl (C=O) groups excluding carboxylic acids is 1. The van der Waals surface area contributed by atoms with Gasteiger partial charge in [-0.2, -0.15) is 0 Å². The van der Waals surface area contributed by atoms with Gasteiger partial charge in [0.15, 0.2) is 0 Å². The van der Waals surface area contributed by atoms with E-state index in [1.807, 2.05) is 30.3 Å². The van der Waals surface area contributed by atoms with E-state index in [0.717, 1.165) is 4.46 Å². The topological polar surface area (TPSA) is 55.1 Å². The molecule has 0 saturated heterocycles. The van der Waals surface area contributed by atoms with Gasteiger partial charge in [-0.15, -0.1) is 0 Å². The number of rotatable bonds is 2. The molecule has 0 aliphatic rings. The number of primary amides is 1. The average molecular weight is 215 g/mol. The SMILES string of the molecule is NC(=O)N[Se]c1ccccc1.